The van der Waals surface area contributed by atoms with Gasteiger partial charge in [-0.25, -0.2) is 4.98 Å². The Morgan fingerprint density at radius 2 is 2.36 bits per heavy atom. The van der Waals surface area contributed by atoms with Gasteiger partial charge in [0.1, 0.15) is 11.4 Å². The Hall–Kier alpha value is -1.66. The minimum atomic E-state index is -0.183. The largest absolute Gasteiger partial charge is 0.378 e. The molecule has 0 radical (unpaired) electrons. The second-order valence-corrected chi connectivity index (χ2v) is 5.92. The van der Waals surface area contributed by atoms with E-state index in [2.05, 4.69) is 15.2 Å². The number of amides is 1. The van der Waals surface area contributed by atoms with Crippen molar-refractivity contribution in [1.82, 2.24) is 10.3 Å². The fourth-order valence-electron chi connectivity index (χ4n) is 2.92. The van der Waals surface area contributed by atoms with E-state index >= 15 is 0 Å². The van der Waals surface area contributed by atoms with Gasteiger partial charge in [0.15, 0.2) is 0 Å². The Labute approximate surface area is 130 Å². The van der Waals surface area contributed by atoms with E-state index in [-0.39, 0.29) is 11.5 Å². The van der Waals surface area contributed by atoms with Gasteiger partial charge in [0.2, 0.25) is 0 Å². The highest BCUT2D eigenvalue weighted by atomic mass is 16.6. The average molecular weight is 305 g/mol. The van der Waals surface area contributed by atoms with Crippen LogP contribution in [-0.4, -0.2) is 55.9 Å². The third-order valence-electron chi connectivity index (χ3n) is 4.19. The van der Waals surface area contributed by atoms with Crippen molar-refractivity contribution in [3.63, 3.8) is 0 Å². The molecule has 2 aliphatic heterocycles. The number of hydrogen-bond donors (Lipinski definition) is 1. The summed E-state index contributed by atoms with van der Waals surface area (Å²) in [5.41, 5.74) is 0.418. The fraction of sp³-hybridized carbons (Fsp3) is 0.625. The predicted molar refractivity (Wildman–Crippen MR) is 83.2 cm³/mol. The van der Waals surface area contributed by atoms with Gasteiger partial charge < -0.3 is 19.7 Å². The molecule has 0 bridgehead atoms. The molecule has 2 fully saturated rings. The highest BCUT2D eigenvalue weighted by molar-refractivity contribution is 5.94. The monoisotopic (exact) mass is 305 g/mol. The van der Waals surface area contributed by atoms with Gasteiger partial charge in [0.05, 0.1) is 25.3 Å². The van der Waals surface area contributed by atoms with Crippen LogP contribution < -0.4 is 10.2 Å². The van der Waals surface area contributed by atoms with E-state index in [9.17, 15) is 4.79 Å². The second kappa shape index (κ2) is 6.62. The number of carbonyl (C=O) groups excluding carboxylic acids is 1. The summed E-state index contributed by atoms with van der Waals surface area (Å²) in [4.78, 5) is 18.6. The zero-order valence-electron chi connectivity index (χ0n) is 13.0. The van der Waals surface area contributed by atoms with Gasteiger partial charge in [-0.1, -0.05) is 6.92 Å². The zero-order valence-corrected chi connectivity index (χ0v) is 13.0. The number of nitrogens with zero attached hydrogens (tertiary/aromatic N) is 2. The van der Waals surface area contributed by atoms with Crippen molar-refractivity contribution in [3.05, 3.63) is 23.9 Å². The number of anilines is 1. The molecule has 2 saturated heterocycles. The first kappa shape index (κ1) is 15.2. The first-order valence-corrected chi connectivity index (χ1v) is 7.93. The highest BCUT2D eigenvalue weighted by Gasteiger charge is 2.40. The van der Waals surface area contributed by atoms with E-state index in [1.165, 1.54) is 0 Å². The lowest BCUT2D eigenvalue weighted by Gasteiger charge is -2.40. The average Bonchev–Trinajstić information content (AvgIpc) is 3.00. The van der Waals surface area contributed by atoms with E-state index in [4.69, 9.17) is 9.47 Å². The minimum Gasteiger partial charge on any atom is -0.378 e. The molecule has 0 aliphatic carbocycles. The highest BCUT2D eigenvalue weighted by Crippen LogP contribution is 2.29. The number of hydrogen-bond acceptors (Lipinski definition) is 5. The molecule has 1 spiro atoms. The summed E-state index contributed by atoms with van der Waals surface area (Å²) < 4.78 is 11.4. The molecule has 1 unspecified atom stereocenters. The molecule has 1 aromatic rings. The molecule has 3 rings (SSSR count). The van der Waals surface area contributed by atoms with Gasteiger partial charge in [-0.15, -0.1) is 0 Å². The van der Waals surface area contributed by atoms with E-state index in [1.54, 1.807) is 6.20 Å². The van der Waals surface area contributed by atoms with Crippen molar-refractivity contribution >= 4 is 11.7 Å². The molecule has 22 heavy (non-hydrogen) atoms. The van der Waals surface area contributed by atoms with E-state index in [0.29, 0.717) is 25.3 Å². The molecule has 6 heteroatoms. The van der Waals surface area contributed by atoms with E-state index in [0.717, 1.165) is 38.4 Å². The number of carbonyl (C=O) groups is 1. The maximum absolute atomic E-state index is 11.9. The van der Waals surface area contributed by atoms with Gasteiger partial charge >= 0.3 is 0 Å². The number of ether oxygens (including phenoxy) is 2. The topological polar surface area (TPSA) is 63.7 Å². The molecule has 1 atom stereocenters. The Morgan fingerprint density at radius 1 is 1.45 bits per heavy atom. The smallest absolute Gasteiger partial charge is 0.252 e. The lowest BCUT2D eigenvalue weighted by molar-refractivity contribution is -0.0581. The van der Waals surface area contributed by atoms with Gasteiger partial charge in [-0.05, 0) is 18.6 Å². The molecular weight excluding hydrogens is 282 g/mol. The summed E-state index contributed by atoms with van der Waals surface area (Å²) in [6.45, 7) is 6.43. The van der Waals surface area contributed by atoms with Crippen LogP contribution in [0, 0.1) is 0 Å². The number of pyridine rings is 1. The van der Waals surface area contributed by atoms with Gasteiger partial charge in [0.25, 0.3) is 5.91 Å². The third-order valence-corrected chi connectivity index (χ3v) is 4.19. The summed E-state index contributed by atoms with van der Waals surface area (Å²) >= 11 is 0. The molecule has 1 amide bonds. The quantitative estimate of drug-likeness (QED) is 0.906. The van der Waals surface area contributed by atoms with Crippen LogP contribution in [0.2, 0.25) is 0 Å². The van der Waals surface area contributed by atoms with E-state index < -0.39 is 0 Å². The molecule has 2 aliphatic rings. The zero-order chi connectivity index (χ0) is 15.4. The molecular formula is C16H23N3O3. The Bertz CT molecular complexity index is 512. The van der Waals surface area contributed by atoms with Gasteiger partial charge in [0, 0.05) is 32.3 Å². The summed E-state index contributed by atoms with van der Waals surface area (Å²) in [5.74, 6) is 0.824. The SMILES string of the molecule is CCCNC(=O)c1ccc(N2CCOC3(CCOC3)C2)nc1. The number of rotatable bonds is 4. The number of morpholine rings is 1. The number of nitrogens with one attached hydrogen (secondary N) is 1. The van der Waals surface area contributed by atoms with Crippen molar-refractivity contribution in [2.45, 2.75) is 25.4 Å². The first-order chi connectivity index (χ1) is 10.7. The predicted octanol–water partition coefficient (Wildman–Crippen LogP) is 1.22. The van der Waals surface area contributed by atoms with Gasteiger partial charge in [-0.3, -0.25) is 4.79 Å². The second-order valence-electron chi connectivity index (χ2n) is 5.92. The van der Waals surface area contributed by atoms with Crippen LogP contribution in [-0.2, 0) is 9.47 Å². The summed E-state index contributed by atoms with van der Waals surface area (Å²) in [5, 5.41) is 2.86. The molecule has 1 N–H and O–H groups in total. The van der Waals surface area contributed by atoms with Gasteiger partial charge in [-0.2, -0.15) is 0 Å². The van der Waals surface area contributed by atoms with Crippen molar-refractivity contribution in [2.75, 3.05) is 44.4 Å². The lowest BCUT2D eigenvalue weighted by atomic mass is 10.0. The van der Waals surface area contributed by atoms with Crippen LogP contribution in [0.25, 0.3) is 0 Å². The first-order valence-electron chi connectivity index (χ1n) is 7.93. The van der Waals surface area contributed by atoms with Crippen molar-refractivity contribution in [2.24, 2.45) is 0 Å². The van der Waals surface area contributed by atoms with Crippen LogP contribution in [0.5, 0.6) is 0 Å². The molecule has 1 aromatic heterocycles. The Morgan fingerprint density at radius 3 is 3.05 bits per heavy atom. The van der Waals surface area contributed by atoms with Crippen LogP contribution in [0.4, 0.5) is 5.82 Å². The Balaban J connectivity index is 1.66. The van der Waals surface area contributed by atoms with Crippen molar-refractivity contribution in [1.29, 1.82) is 0 Å². The fourth-order valence-corrected chi connectivity index (χ4v) is 2.92. The van der Waals surface area contributed by atoms with Crippen molar-refractivity contribution < 1.29 is 14.3 Å². The number of aromatic nitrogens is 1. The normalized spacial score (nSPS) is 24.7. The Kier molecular flexibility index (Phi) is 4.59. The minimum absolute atomic E-state index is 0.0662. The van der Waals surface area contributed by atoms with Crippen LogP contribution in [0.3, 0.4) is 0 Å². The molecule has 6 nitrogen and oxygen atoms in total. The van der Waals surface area contributed by atoms with Crippen LogP contribution in [0.15, 0.2) is 18.3 Å². The standard InChI is InChI=1S/C16H23N3O3/c1-2-6-17-15(20)13-3-4-14(18-10-13)19-7-9-22-16(11-19)5-8-21-12-16/h3-4,10H,2,5-9,11-12H2,1H3,(H,17,20). The summed E-state index contributed by atoms with van der Waals surface area (Å²) in [6, 6.07) is 3.75. The maximum atomic E-state index is 11.9. The maximum Gasteiger partial charge on any atom is 0.252 e. The van der Waals surface area contributed by atoms with Crippen LogP contribution in [0.1, 0.15) is 30.1 Å². The lowest BCUT2D eigenvalue weighted by Crippen LogP contribution is -2.52. The van der Waals surface area contributed by atoms with Crippen LogP contribution >= 0.6 is 0 Å². The summed E-state index contributed by atoms with van der Waals surface area (Å²) in [6.07, 6.45) is 3.50. The van der Waals surface area contributed by atoms with E-state index in [1.807, 2.05) is 19.1 Å². The third kappa shape index (κ3) is 3.23. The molecule has 3 heterocycles. The molecule has 0 saturated carbocycles. The van der Waals surface area contributed by atoms with Crippen molar-refractivity contribution in [3.8, 4) is 0 Å². The summed E-state index contributed by atoms with van der Waals surface area (Å²) in [7, 11) is 0. The molecule has 0 aromatic carbocycles. The molecule has 120 valence electrons.